The lowest BCUT2D eigenvalue weighted by atomic mass is 10.0. The summed E-state index contributed by atoms with van der Waals surface area (Å²) in [6, 6.07) is 15.0. The maximum absolute atomic E-state index is 5.99. The Bertz CT molecular complexity index is 556. The second kappa shape index (κ2) is 6.47. The van der Waals surface area contributed by atoms with Gasteiger partial charge in [0.25, 0.3) is 0 Å². The molecule has 0 aromatic heterocycles. The minimum atomic E-state index is 0.592. The van der Waals surface area contributed by atoms with Crippen LogP contribution in [-0.4, -0.2) is 6.54 Å². The number of nitrogen functional groups attached to an aromatic ring is 1. The second-order valence-electron chi connectivity index (χ2n) is 5.66. The molecule has 0 aliphatic carbocycles. The van der Waals surface area contributed by atoms with E-state index >= 15 is 0 Å². The molecule has 0 heterocycles. The van der Waals surface area contributed by atoms with Gasteiger partial charge in [-0.05, 0) is 48.1 Å². The van der Waals surface area contributed by atoms with E-state index in [2.05, 4.69) is 56.4 Å². The Balaban J connectivity index is 1.89. The normalized spacial score (nSPS) is 10.8. The van der Waals surface area contributed by atoms with E-state index in [-0.39, 0.29) is 0 Å². The molecule has 2 rings (SSSR count). The van der Waals surface area contributed by atoms with Gasteiger partial charge >= 0.3 is 0 Å². The zero-order chi connectivity index (χ0) is 14.5. The van der Waals surface area contributed by atoms with Gasteiger partial charge < -0.3 is 11.1 Å². The van der Waals surface area contributed by atoms with Crippen LogP contribution < -0.4 is 11.1 Å². The van der Waals surface area contributed by atoms with Crippen molar-refractivity contribution < 1.29 is 0 Å². The molecule has 0 atom stereocenters. The average Bonchev–Trinajstić information content (AvgIpc) is 2.42. The molecule has 0 saturated carbocycles. The van der Waals surface area contributed by atoms with Gasteiger partial charge in [-0.1, -0.05) is 44.2 Å². The molecule has 0 aliphatic rings. The number of benzene rings is 2. The van der Waals surface area contributed by atoms with E-state index in [0.717, 1.165) is 24.3 Å². The highest BCUT2D eigenvalue weighted by atomic mass is 14.9. The molecule has 0 bridgehead atoms. The molecular formula is C18H24N2. The first kappa shape index (κ1) is 14.4. The van der Waals surface area contributed by atoms with Gasteiger partial charge in [0.15, 0.2) is 0 Å². The molecule has 0 amide bonds. The van der Waals surface area contributed by atoms with Crippen LogP contribution in [0.1, 0.15) is 36.5 Å². The van der Waals surface area contributed by atoms with Crippen molar-refractivity contribution in [2.24, 2.45) is 0 Å². The molecule has 106 valence electrons. The summed E-state index contributed by atoms with van der Waals surface area (Å²) in [6.07, 6.45) is 1.01. The first-order valence-electron chi connectivity index (χ1n) is 7.25. The van der Waals surface area contributed by atoms with Gasteiger partial charge in [-0.15, -0.1) is 0 Å². The van der Waals surface area contributed by atoms with Gasteiger partial charge in [0.2, 0.25) is 0 Å². The Kier molecular flexibility index (Phi) is 4.67. The highest BCUT2D eigenvalue weighted by Gasteiger charge is 2.01. The molecule has 2 nitrogen and oxygen atoms in total. The Morgan fingerprint density at radius 3 is 2.35 bits per heavy atom. The topological polar surface area (TPSA) is 38.0 Å². The van der Waals surface area contributed by atoms with Crippen LogP contribution in [0.5, 0.6) is 0 Å². The smallest absolute Gasteiger partial charge is 0.0574 e. The predicted octanol–water partition coefficient (Wildman–Crippen LogP) is 4.36. The van der Waals surface area contributed by atoms with Crippen LogP contribution in [0.15, 0.2) is 42.5 Å². The van der Waals surface area contributed by atoms with Gasteiger partial charge in [-0.25, -0.2) is 0 Å². The fraction of sp³-hybridized carbons (Fsp3) is 0.333. The Hall–Kier alpha value is -1.96. The summed E-state index contributed by atoms with van der Waals surface area (Å²) in [4.78, 5) is 0. The molecule has 3 N–H and O–H groups in total. The second-order valence-corrected chi connectivity index (χ2v) is 5.66. The molecule has 0 fully saturated rings. The van der Waals surface area contributed by atoms with E-state index in [9.17, 15) is 0 Å². The van der Waals surface area contributed by atoms with Crippen molar-refractivity contribution in [2.75, 3.05) is 17.6 Å². The van der Waals surface area contributed by atoms with Crippen LogP contribution in [0.25, 0.3) is 0 Å². The van der Waals surface area contributed by atoms with Crippen molar-refractivity contribution in [3.05, 3.63) is 59.2 Å². The standard InChI is InChI=1S/C18H24N2/c1-13(2)16-7-5-15(6-8-16)10-11-20-18-9-4-14(3)12-17(18)19/h4-9,12-13,20H,10-11,19H2,1-3H3. The molecule has 0 radical (unpaired) electrons. The van der Waals surface area contributed by atoms with E-state index in [0.29, 0.717) is 5.92 Å². The highest BCUT2D eigenvalue weighted by molar-refractivity contribution is 5.66. The summed E-state index contributed by atoms with van der Waals surface area (Å²) in [5.41, 5.74) is 11.8. The molecule has 2 aromatic rings. The van der Waals surface area contributed by atoms with Gasteiger partial charge in [0, 0.05) is 6.54 Å². The van der Waals surface area contributed by atoms with Crippen molar-refractivity contribution in [3.63, 3.8) is 0 Å². The van der Waals surface area contributed by atoms with Crippen molar-refractivity contribution in [1.82, 2.24) is 0 Å². The number of hydrogen-bond donors (Lipinski definition) is 2. The SMILES string of the molecule is Cc1ccc(NCCc2ccc(C(C)C)cc2)c(N)c1. The fourth-order valence-corrected chi connectivity index (χ4v) is 2.25. The maximum Gasteiger partial charge on any atom is 0.0574 e. The molecule has 2 aromatic carbocycles. The quantitative estimate of drug-likeness (QED) is 0.791. The van der Waals surface area contributed by atoms with E-state index < -0.39 is 0 Å². The minimum absolute atomic E-state index is 0.592. The molecule has 0 spiro atoms. The molecule has 0 saturated heterocycles. The van der Waals surface area contributed by atoms with Crippen LogP contribution in [0.2, 0.25) is 0 Å². The van der Waals surface area contributed by atoms with Crippen LogP contribution in [-0.2, 0) is 6.42 Å². The molecule has 0 aliphatic heterocycles. The van der Waals surface area contributed by atoms with Crippen LogP contribution in [0.4, 0.5) is 11.4 Å². The lowest BCUT2D eigenvalue weighted by Crippen LogP contribution is -2.07. The van der Waals surface area contributed by atoms with Crippen LogP contribution in [0.3, 0.4) is 0 Å². The number of aryl methyl sites for hydroxylation is 1. The summed E-state index contributed by atoms with van der Waals surface area (Å²) in [7, 11) is 0. The van der Waals surface area contributed by atoms with E-state index in [1.807, 2.05) is 12.1 Å². The third kappa shape index (κ3) is 3.77. The molecule has 20 heavy (non-hydrogen) atoms. The van der Waals surface area contributed by atoms with E-state index in [4.69, 9.17) is 5.73 Å². The number of nitrogens with two attached hydrogens (primary N) is 1. The minimum Gasteiger partial charge on any atom is -0.397 e. The zero-order valence-corrected chi connectivity index (χ0v) is 12.6. The van der Waals surface area contributed by atoms with Crippen molar-refractivity contribution in [2.45, 2.75) is 33.1 Å². The monoisotopic (exact) mass is 268 g/mol. The number of nitrogens with one attached hydrogen (secondary N) is 1. The van der Waals surface area contributed by atoms with E-state index in [1.54, 1.807) is 0 Å². The number of hydrogen-bond acceptors (Lipinski definition) is 2. The first-order chi connectivity index (χ1) is 9.56. The van der Waals surface area contributed by atoms with Gasteiger partial charge in [-0.3, -0.25) is 0 Å². The van der Waals surface area contributed by atoms with Crippen molar-refractivity contribution in [3.8, 4) is 0 Å². The Labute approximate surface area is 122 Å². The van der Waals surface area contributed by atoms with Crippen LogP contribution in [0, 0.1) is 6.92 Å². The van der Waals surface area contributed by atoms with Crippen molar-refractivity contribution in [1.29, 1.82) is 0 Å². The van der Waals surface area contributed by atoms with Gasteiger partial charge in [-0.2, -0.15) is 0 Å². The maximum atomic E-state index is 5.99. The predicted molar refractivity (Wildman–Crippen MR) is 88.3 cm³/mol. The third-order valence-electron chi connectivity index (χ3n) is 3.58. The molecular weight excluding hydrogens is 244 g/mol. The summed E-state index contributed by atoms with van der Waals surface area (Å²) >= 11 is 0. The van der Waals surface area contributed by atoms with Crippen molar-refractivity contribution >= 4 is 11.4 Å². The Morgan fingerprint density at radius 1 is 1.05 bits per heavy atom. The Morgan fingerprint density at radius 2 is 1.75 bits per heavy atom. The molecule has 2 heteroatoms. The highest BCUT2D eigenvalue weighted by Crippen LogP contribution is 2.19. The summed E-state index contributed by atoms with van der Waals surface area (Å²) in [5.74, 6) is 0.592. The third-order valence-corrected chi connectivity index (χ3v) is 3.58. The average molecular weight is 268 g/mol. The van der Waals surface area contributed by atoms with Gasteiger partial charge in [0.05, 0.1) is 11.4 Å². The zero-order valence-electron chi connectivity index (χ0n) is 12.6. The first-order valence-corrected chi connectivity index (χ1v) is 7.25. The van der Waals surface area contributed by atoms with Crippen LogP contribution >= 0.6 is 0 Å². The van der Waals surface area contributed by atoms with Gasteiger partial charge in [0.1, 0.15) is 0 Å². The van der Waals surface area contributed by atoms with E-state index in [1.165, 1.54) is 16.7 Å². The summed E-state index contributed by atoms with van der Waals surface area (Å²) in [6.45, 7) is 7.39. The fourth-order valence-electron chi connectivity index (χ4n) is 2.25. The lowest BCUT2D eigenvalue weighted by molar-refractivity contribution is 0.864. The lowest BCUT2D eigenvalue weighted by Gasteiger charge is -2.11. The number of anilines is 2. The largest absolute Gasteiger partial charge is 0.397 e. The summed E-state index contributed by atoms with van der Waals surface area (Å²) < 4.78 is 0. The summed E-state index contributed by atoms with van der Waals surface area (Å²) in [5, 5.41) is 3.40. The molecule has 0 unspecified atom stereocenters. The number of rotatable bonds is 5.